The molecule has 2 N–H and O–H groups in total. The summed E-state index contributed by atoms with van der Waals surface area (Å²) >= 11 is 1.48. The Morgan fingerprint density at radius 2 is 2.21 bits per heavy atom. The van der Waals surface area contributed by atoms with Crippen molar-refractivity contribution in [2.75, 3.05) is 13.6 Å². The van der Waals surface area contributed by atoms with Crippen LogP contribution in [0.5, 0.6) is 0 Å². The molecule has 1 heterocycles. The maximum absolute atomic E-state index is 12.3. The Kier molecular flexibility index (Phi) is 5.00. The van der Waals surface area contributed by atoms with Crippen molar-refractivity contribution in [2.24, 2.45) is 11.8 Å². The van der Waals surface area contributed by atoms with Gasteiger partial charge in [-0.3, -0.25) is 0 Å². The summed E-state index contributed by atoms with van der Waals surface area (Å²) in [6, 6.07) is 1.69. The Hall–Kier alpha value is -0.430. The first-order valence-electron chi connectivity index (χ1n) is 6.75. The Morgan fingerprint density at radius 1 is 1.42 bits per heavy atom. The normalized spacial score (nSPS) is 23.9. The topological polar surface area (TPSA) is 58.2 Å². The van der Waals surface area contributed by atoms with Crippen LogP contribution in [0.3, 0.4) is 0 Å². The zero-order chi connectivity index (χ0) is 13.9. The monoisotopic (exact) mass is 302 g/mol. The lowest BCUT2D eigenvalue weighted by atomic mass is 9.99. The number of nitrogens with one attached hydrogen (secondary N) is 2. The molecule has 2 rings (SSSR count). The van der Waals surface area contributed by atoms with Crippen LogP contribution < -0.4 is 10.0 Å². The number of thiophene rings is 1. The standard InChI is InChI=1S/C13H22N2O2S2/c1-10-4-3-5-11(10)8-15-19(16,17)13-6-7-18-12(13)9-14-2/h6-7,10-11,14-15H,3-5,8-9H2,1-2H3. The van der Waals surface area contributed by atoms with Crippen LogP contribution in [-0.4, -0.2) is 22.0 Å². The van der Waals surface area contributed by atoms with Crippen molar-refractivity contribution in [1.82, 2.24) is 10.0 Å². The predicted octanol–water partition coefficient (Wildman–Crippen LogP) is 2.18. The molecule has 1 aliphatic rings. The highest BCUT2D eigenvalue weighted by Gasteiger charge is 2.26. The molecule has 2 atom stereocenters. The Labute approximate surface area is 119 Å². The van der Waals surface area contributed by atoms with E-state index >= 15 is 0 Å². The van der Waals surface area contributed by atoms with Crippen molar-refractivity contribution in [3.05, 3.63) is 16.3 Å². The summed E-state index contributed by atoms with van der Waals surface area (Å²) in [5, 5.41) is 4.84. The summed E-state index contributed by atoms with van der Waals surface area (Å²) < 4.78 is 27.4. The molecule has 1 aliphatic carbocycles. The molecule has 0 aliphatic heterocycles. The summed E-state index contributed by atoms with van der Waals surface area (Å²) in [6.07, 6.45) is 3.57. The van der Waals surface area contributed by atoms with Gasteiger partial charge < -0.3 is 5.32 Å². The van der Waals surface area contributed by atoms with E-state index in [9.17, 15) is 8.42 Å². The highest BCUT2D eigenvalue weighted by Crippen LogP contribution is 2.31. The van der Waals surface area contributed by atoms with Crippen molar-refractivity contribution in [2.45, 2.75) is 37.6 Å². The van der Waals surface area contributed by atoms with Crippen LogP contribution in [0.4, 0.5) is 0 Å². The quantitative estimate of drug-likeness (QED) is 0.847. The van der Waals surface area contributed by atoms with Crippen LogP contribution in [0.25, 0.3) is 0 Å². The predicted molar refractivity (Wildman–Crippen MR) is 78.8 cm³/mol. The van der Waals surface area contributed by atoms with Gasteiger partial charge in [0.2, 0.25) is 10.0 Å². The van der Waals surface area contributed by atoms with E-state index < -0.39 is 10.0 Å². The molecule has 0 radical (unpaired) electrons. The Bertz CT molecular complexity index is 510. The van der Waals surface area contributed by atoms with E-state index in [4.69, 9.17) is 0 Å². The van der Waals surface area contributed by atoms with Gasteiger partial charge in [0.25, 0.3) is 0 Å². The average molecular weight is 302 g/mol. The fraction of sp³-hybridized carbons (Fsp3) is 0.692. The lowest BCUT2D eigenvalue weighted by Gasteiger charge is -2.16. The SMILES string of the molecule is CNCc1sccc1S(=O)(=O)NCC1CCCC1C. The minimum Gasteiger partial charge on any atom is -0.315 e. The van der Waals surface area contributed by atoms with Crippen molar-refractivity contribution in [1.29, 1.82) is 0 Å². The van der Waals surface area contributed by atoms with E-state index in [1.165, 1.54) is 24.2 Å². The zero-order valence-corrected chi connectivity index (χ0v) is 13.1. The molecule has 1 aromatic heterocycles. The van der Waals surface area contributed by atoms with Gasteiger partial charge in [-0.05, 0) is 36.8 Å². The van der Waals surface area contributed by atoms with Gasteiger partial charge in [-0.15, -0.1) is 11.3 Å². The first-order chi connectivity index (χ1) is 9.04. The van der Waals surface area contributed by atoms with Crippen molar-refractivity contribution in [3.8, 4) is 0 Å². The van der Waals surface area contributed by atoms with Gasteiger partial charge in [0.1, 0.15) is 0 Å². The third-order valence-electron chi connectivity index (χ3n) is 3.91. The Morgan fingerprint density at radius 3 is 2.84 bits per heavy atom. The maximum Gasteiger partial charge on any atom is 0.241 e. The third-order valence-corrected chi connectivity index (χ3v) is 6.46. The van der Waals surface area contributed by atoms with Gasteiger partial charge in [-0.1, -0.05) is 19.8 Å². The Balaban J connectivity index is 2.03. The fourth-order valence-electron chi connectivity index (χ4n) is 2.68. The number of rotatable bonds is 6. The van der Waals surface area contributed by atoms with Crippen LogP contribution in [0.15, 0.2) is 16.3 Å². The number of hydrogen-bond donors (Lipinski definition) is 2. The molecule has 1 saturated carbocycles. The minimum absolute atomic E-state index is 0.428. The van der Waals surface area contributed by atoms with Crippen molar-refractivity contribution < 1.29 is 8.42 Å². The summed E-state index contributed by atoms with van der Waals surface area (Å²) in [5.41, 5.74) is 0. The molecular formula is C13H22N2O2S2. The van der Waals surface area contributed by atoms with Crippen molar-refractivity contribution in [3.63, 3.8) is 0 Å². The first-order valence-corrected chi connectivity index (χ1v) is 9.11. The molecule has 4 nitrogen and oxygen atoms in total. The fourth-order valence-corrected chi connectivity index (χ4v) is 5.23. The molecule has 0 bridgehead atoms. The summed E-state index contributed by atoms with van der Waals surface area (Å²) in [7, 11) is -1.54. The summed E-state index contributed by atoms with van der Waals surface area (Å²) in [6.45, 7) is 3.37. The summed E-state index contributed by atoms with van der Waals surface area (Å²) in [5.74, 6) is 1.11. The molecule has 2 unspecified atom stereocenters. The van der Waals surface area contributed by atoms with Crippen LogP contribution in [-0.2, 0) is 16.6 Å². The molecule has 1 aromatic rings. The van der Waals surface area contributed by atoms with Crippen molar-refractivity contribution >= 4 is 21.4 Å². The first kappa shape index (κ1) is 15.0. The largest absolute Gasteiger partial charge is 0.315 e. The number of sulfonamides is 1. The van der Waals surface area contributed by atoms with Crippen LogP contribution in [0.1, 0.15) is 31.1 Å². The highest BCUT2D eigenvalue weighted by atomic mass is 32.2. The smallest absolute Gasteiger partial charge is 0.241 e. The molecule has 0 saturated heterocycles. The second-order valence-corrected chi connectivity index (χ2v) is 7.99. The maximum atomic E-state index is 12.3. The van der Waals surface area contributed by atoms with E-state index in [1.807, 2.05) is 12.4 Å². The number of hydrogen-bond acceptors (Lipinski definition) is 4. The molecular weight excluding hydrogens is 280 g/mol. The molecule has 19 heavy (non-hydrogen) atoms. The zero-order valence-electron chi connectivity index (χ0n) is 11.5. The van der Waals surface area contributed by atoms with Gasteiger partial charge in [0, 0.05) is 18.0 Å². The minimum atomic E-state index is -3.36. The van der Waals surface area contributed by atoms with Crippen LogP contribution in [0.2, 0.25) is 0 Å². The third kappa shape index (κ3) is 3.56. The molecule has 1 fully saturated rings. The molecule has 0 spiro atoms. The summed E-state index contributed by atoms with van der Waals surface area (Å²) in [4.78, 5) is 1.30. The van der Waals surface area contributed by atoms with Crippen LogP contribution in [0, 0.1) is 11.8 Å². The molecule has 0 aromatic carbocycles. The van der Waals surface area contributed by atoms with E-state index in [-0.39, 0.29) is 0 Å². The van der Waals surface area contributed by atoms with E-state index in [0.717, 1.165) is 11.3 Å². The lowest BCUT2D eigenvalue weighted by Crippen LogP contribution is -2.30. The lowest BCUT2D eigenvalue weighted by molar-refractivity contribution is 0.414. The van der Waals surface area contributed by atoms with Gasteiger partial charge >= 0.3 is 0 Å². The van der Waals surface area contributed by atoms with Gasteiger partial charge in [-0.2, -0.15) is 0 Å². The highest BCUT2D eigenvalue weighted by molar-refractivity contribution is 7.89. The molecule has 6 heteroatoms. The van der Waals surface area contributed by atoms with E-state index in [2.05, 4.69) is 17.0 Å². The molecule has 108 valence electrons. The van der Waals surface area contributed by atoms with Gasteiger partial charge in [0.15, 0.2) is 0 Å². The van der Waals surface area contributed by atoms with E-state index in [1.54, 1.807) is 6.07 Å². The van der Waals surface area contributed by atoms with Gasteiger partial charge in [-0.25, -0.2) is 13.1 Å². The second-order valence-electron chi connectivity index (χ2n) is 5.26. The second kappa shape index (κ2) is 6.35. The van der Waals surface area contributed by atoms with Crippen LogP contribution >= 0.6 is 11.3 Å². The molecule has 0 amide bonds. The van der Waals surface area contributed by atoms with E-state index in [0.29, 0.717) is 29.8 Å². The average Bonchev–Trinajstić information content (AvgIpc) is 2.97. The van der Waals surface area contributed by atoms with Gasteiger partial charge in [0.05, 0.1) is 4.90 Å².